The molecule has 0 saturated carbocycles. The lowest BCUT2D eigenvalue weighted by molar-refractivity contribution is 0.0636. The average molecular weight is 290 g/mol. The first-order valence-electron chi connectivity index (χ1n) is 7.69. The number of carbonyl (C=O) groups excluding carboxylic acids is 1. The molecule has 0 spiro atoms. The number of ether oxygens (including phenoxy) is 1. The van der Waals surface area contributed by atoms with E-state index in [2.05, 4.69) is 22.8 Å². The van der Waals surface area contributed by atoms with Crippen LogP contribution in [-0.2, 0) is 4.74 Å². The molecule has 1 aliphatic heterocycles. The van der Waals surface area contributed by atoms with E-state index in [1.54, 1.807) is 0 Å². The zero-order chi connectivity index (χ0) is 15.5. The number of nitrogens with one attached hydrogen (secondary N) is 2. The molecule has 1 aliphatic rings. The number of piperidine rings is 1. The van der Waals surface area contributed by atoms with Crippen molar-refractivity contribution < 1.29 is 9.53 Å². The van der Waals surface area contributed by atoms with Gasteiger partial charge in [0.25, 0.3) is 0 Å². The van der Waals surface area contributed by atoms with Crippen molar-refractivity contribution in [1.82, 2.24) is 5.32 Å². The monoisotopic (exact) mass is 290 g/mol. The number of anilines is 1. The topological polar surface area (TPSA) is 50.4 Å². The van der Waals surface area contributed by atoms with Crippen LogP contribution < -0.4 is 10.6 Å². The highest BCUT2D eigenvalue weighted by Crippen LogP contribution is 2.26. The van der Waals surface area contributed by atoms with Crippen molar-refractivity contribution in [1.29, 1.82) is 0 Å². The number of carbonyl (C=O) groups is 1. The van der Waals surface area contributed by atoms with Gasteiger partial charge in [0, 0.05) is 11.7 Å². The highest BCUT2D eigenvalue weighted by atomic mass is 16.6. The standard InChI is InChI=1S/C17H26N2O2/c1-12-11-13(15-7-5-6-10-18-15)8-9-14(12)19-16(20)21-17(2,3)4/h8-9,11,15,18H,5-7,10H2,1-4H3,(H,19,20). The minimum absolute atomic E-state index is 0.408. The minimum atomic E-state index is -0.482. The van der Waals surface area contributed by atoms with Gasteiger partial charge in [0.15, 0.2) is 0 Å². The number of benzene rings is 1. The molecule has 2 N–H and O–H groups in total. The van der Waals surface area contributed by atoms with Crippen LogP contribution in [0.25, 0.3) is 0 Å². The third-order valence-corrected chi connectivity index (χ3v) is 3.60. The molecule has 1 unspecified atom stereocenters. The summed E-state index contributed by atoms with van der Waals surface area (Å²) in [7, 11) is 0. The average Bonchev–Trinajstić information content (AvgIpc) is 2.40. The largest absolute Gasteiger partial charge is 0.444 e. The van der Waals surface area contributed by atoms with Crippen LogP contribution in [0.2, 0.25) is 0 Å². The summed E-state index contributed by atoms with van der Waals surface area (Å²) in [5.41, 5.74) is 2.68. The maximum atomic E-state index is 11.8. The summed E-state index contributed by atoms with van der Waals surface area (Å²) < 4.78 is 5.28. The normalized spacial score (nSPS) is 19.1. The Bertz CT molecular complexity index is 500. The molecule has 1 saturated heterocycles. The first kappa shape index (κ1) is 15.8. The summed E-state index contributed by atoms with van der Waals surface area (Å²) in [5.74, 6) is 0. The smallest absolute Gasteiger partial charge is 0.412 e. The summed E-state index contributed by atoms with van der Waals surface area (Å²) in [4.78, 5) is 11.8. The lowest BCUT2D eigenvalue weighted by Crippen LogP contribution is -2.28. The molecule has 0 aliphatic carbocycles. The van der Waals surface area contributed by atoms with Gasteiger partial charge < -0.3 is 10.1 Å². The van der Waals surface area contributed by atoms with Crippen molar-refractivity contribution in [2.75, 3.05) is 11.9 Å². The van der Waals surface area contributed by atoms with Crippen LogP contribution in [0.4, 0.5) is 10.5 Å². The van der Waals surface area contributed by atoms with Gasteiger partial charge in [0.1, 0.15) is 5.60 Å². The predicted octanol–water partition coefficient (Wildman–Crippen LogP) is 4.16. The lowest BCUT2D eigenvalue weighted by Gasteiger charge is -2.25. The quantitative estimate of drug-likeness (QED) is 0.860. The second kappa shape index (κ2) is 6.48. The number of hydrogen-bond acceptors (Lipinski definition) is 3. The lowest BCUT2D eigenvalue weighted by atomic mass is 9.96. The van der Waals surface area contributed by atoms with Crippen LogP contribution >= 0.6 is 0 Å². The Kier molecular flexibility index (Phi) is 4.88. The zero-order valence-corrected chi connectivity index (χ0v) is 13.5. The molecule has 0 bridgehead atoms. The Morgan fingerprint density at radius 1 is 1.33 bits per heavy atom. The molecule has 1 amide bonds. The maximum absolute atomic E-state index is 11.8. The number of rotatable bonds is 2. The summed E-state index contributed by atoms with van der Waals surface area (Å²) in [5, 5.41) is 6.36. The highest BCUT2D eigenvalue weighted by molar-refractivity contribution is 5.85. The van der Waals surface area contributed by atoms with Gasteiger partial charge in [0.2, 0.25) is 0 Å². The van der Waals surface area contributed by atoms with E-state index in [0.717, 1.165) is 17.8 Å². The van der Waals surface area contributed by atoms with Crippen molar-refractivity contribution in [3.05, 3.63) is 29.3 Å². The van der Waals surface area contributed by atoms with E-state index in [0.29, 0.717) is 6.04 Å². The number of hydrogen-bond donors (Lipinski definition) is 2. The van der Waals surface area contributed by atoms with Gasteiger partial charge in [-0.25, -0.2) is 4.79 Å². The van der Waals surface area contributed by atoms with Crippen molar-refractivity contribution in [3.8, 4) is 0 Å². The van der Waals surface area contributed by atoms with Gasteiger partial charge in [-0.1, -0.05) is 18.6 Å². The Hall–Kier alpha value is -1.55. The van der Waals surface area contributed by atoms with E-state index in [1.165, 1.54) is 24.8 Å². The maximum Gasteiger partial charge on any atom is 0.412 e. The highest BCUT2D eigenvalue weighted by Gasteiger charge is 2.18. The van der Waals surface area contributed by atoms with Crippen molar-refractivity contribution >= 4 is 11.8 Å². The fourth-order valence-corrected chi connectivity index (χ4v) is 2.59. The predicted molar refractivity (Wildman–Crippen MR) is 85.6 cm³/mol. The van der Waals surface area contributed by atoms with Crippen molar-refractivity contribution in [3.63, 3.8) is 0 Å². The molecule has 1 atom stereocenters. The Morgan fingerprint density at radius 3 is 2.67 bits per heavy atom. The van der Waals surface area contributed by atoms with Crippen LogP contribution in [0.15, 0.2) is 18.2 Å². The fraction of sp³-hybridized carbons (Fsp3) is 0.588. The van der Waals surface area contributed by atoms with Crippen LogP contribution in [0.1, 0.15) is 57.2 Å². The third kappa shape index (κ3) is 4.74. The Morgan fingerprint density at radius 2 is 2.10 bits per heavy atom. The Balaban J connectivity index is 2.03. The third-order valence-electron chi connectivity index (χ3n) is 3.60. The van der Waals surface area contributed by atoms with Gasteiger partial charge in [-0.2, -0.15) is 0 Å². The first-order valence-corrected chi connectivity index (χ1v) is 7.69. The summed E-state index contributed by atoms with van der Waals surface area (Å²) >= 11 is 0. The fourth-order valence-electron chi connectivity index (χ4n) is 2.59. The van der Waals surface area contributed by atoms with Gasteiger partial charge in [-0.3, -0.25) is 5.32 Å². The first-order chi connectivity index (χ1) is 9.85. The van der Waals surface area contributed by atoms with Crippen molar-refractivity contribution in [2.24, 2.45) is 0 Å². The molecule has 0 aromatic heterocycles. The van der Waals surface area contributed by atoms with E-state index in [1.807, 2.05) is 33.8 Å². The van der Waals surface area contributed by atoms with Gasteiger partial charge >= 0.3 is 6.09 Å². The second-order valence-electron chi connectivity index (χ2n) is 6.70. The molecule has 4 nitrogen and oxygen atoms in total. The van der Waals surface area contributed by atoms with E-state index < -0.39 is 11.7 Å². The summed E-state index contributed by atoms with van der Waals surface area (Å²) in [6.45, 7) is 8.67. The van der Waals surface area contributed by atoms with Crippen LogP contribution in [0.3, 0.4) is 0 Å². The number of amides is 1. The number of aryl methyl sites for hydroxylation is 1. The summed E-state index contributed by atoms with van der Waals surface area (Å²) in [6.07, 6.45) is 3.30. The molecule has 1 fully saturated rings. The van der Waals surface area contributed by atoms with E-state index >= 15 is 0 Å². The molecule has 2 rings (SSSR count). The van der Waals surface area contributed by atoms with E-state index in [4.69, 9.17) is 4.74 Å². The molecular formula is C17H26N2O2. The molecule has 21 heavy (non-hydrogen) atoms. The molecule has 4 heteroatoms. The molecule has 1 heterocycles. The van der Waals surface area contributed by atoms with Crippen molar-refractivity contribution in [2.45, 2.75) is 58.6 Å². The molecule has 1 aromatic carbocycles. The van der Waals surface area contributed by atoms with Crippen LogP contribution in [-0.4, -0.2) is 18.2 Å². The Labute approximate surface area is 127 Å². The van der Waals surface area contributed by atoms with Crippen LogP contribution in [0, 0.1) is 6.92 Å². The van der Waals surface area contributed by atoms with Crippen LogP contribution in [0.5, 0.6) is 0 Å². The van der Waals surface area contributed by atoms with Gasteiger partial charge in [0.05, 0.1) is 0 Å². The second-order valence-corrected chi connectivity index (χ2v) is 6.70. The molecule has 1 aromatic rings. The molecule has 116 valence electrons. The molecule has 0 radical (unpaired) electrons. The minimum Gasteiger partial charge on any atom is -0.444 e. The zero-order valence-electron chi connectivity index (χ0n) is 13.5. The summed E-state index contributed by atoms with van der Waals surface area (Å²) in [6, 6.07) is 6.64. The molecular weight excluding hydrogens is 264 g/mol. The van der Waals surface area contributed by atoms with E-state index in [-0.39, 0.29) is 0 Å². The SMILES string of the molecule is Cc1cc(C2CCCCN2)ccc1NC(=O)OC(C)(C)C. The van der Waals surface area contributed by atoms with Gasteiger partial charge in [-0.15, -0.1) is 0 Å². The van der Waals surface area contributed by atoms with Gasteiger partial charge in [-0.05, 0) is 64.3 Å². The van der Waals surface area contributed by atoms with E-state index in [9.17, 15) is 4.79 Å².